The average molecular weight is 274 g/mol. The summed E-state index contributed by atoms with van der Waals surface area (Å²) >= 11 is 5.17. The Balaban J connectivity index is 2.41. The molecule has 0 radical (unpaired) electrons. The van der Waals surface area contributed by atoms with Gasteiger partial charge < -0.3 is 14.8 Å². The van der Waals surface area contributed by atoms with Crippen LogP contribution >= 0.6 is 12.2 Å². The molecule has 0 saturated carbocycles. The second-order valence-corrected chi connectivity index (χ2v) is 4.00. The summed E-state index contributed by atoms with van der Waals surface area (Å²) in [6.45, 7) is 1.84. The number of rotatable bonds is 2. The first-order valence-corrected chi connectivity index (χ1v) is 5.98. The van der Waals surface area contributed by atoms with Gasteiger partial charge in [-0.05, 0) is 19.1 Å². The molecule has 0 unspecified atom stereocenters. The van der Waals surface area contributed by atoms with E-state index >= 15 is 0 Å². The lowest BCUT2D eigenvalue weighted by Gasteiger charge is -2.22. The molecular formula is C13H10N2O3S. The van der Waals surface area contributed by atoms with Crippen molar-refractivity contribution in [1.82, 2.24) is 5.32 Å². The van der Waals surface area contributed by atoms with Crippen LogP contribution in [0, 0.1) is 11.3 Å². The minimum atomic E-state index is -0.741. The lowest BCUT2D eigenvalue weighted by atomic mass is 10.1. The maximum Gasteiger partial charge on any atom is 0.354 e. The largest absolute Gasteiger partial charge is 0.462 e. The van der Waals surface area contributed by atoms with Crippen molar-refractivity contribution in [3.63, 3.8) is 0 Å². The van der Waals surface area contributed by atoms with Gasteiger partial charge in [-0.25, -0.2) is 4.79 Å². The lowest BCUT2D eigenvalue weighted by molar-refractivity contribution is -0.138. The summed E-state index contributed by atoms with van der Waals surface area (Å²) in [5.74, 6) is -0.238. The first kappa shape index (κ1) is 13.1. The summed E-state index contributed by atoms with van der Waals surface area (Å²) in [6.07, 6.45) is 0. The van der Waals surface area contributed by atoms with Gasteiger partial charge in [0.15, 0.2) is 5.57 Å². The number of para-hydroxylation sites is 1. The van der Waals surface area contributed by atoms with E-state index in [1.54, 1.807) is 31.2 Å². The maximum atomic E-state index is 11.6. The van der Waals surface area contributed by atoms with Gasteiger partial charge in [0.25, 0.3) is 0 Å². The minimum absolute atomic E-state index is 0.00431. The fourth-order valence-electron chi connectivity index (χ4n) is 1.56. The van der Waals surface area contributed by atoms with Crippen molar-refractivity contribution in [2.45, 2.75) is 6.92 Å². The fraction of sp³-hybridized carbons (Fsp3) is 0.154. The van der Waals surface area contributed by atoms with E-state index < -0.39 is 5.97 Å². The molecule has 0 bridgehead atoms. The second-order valence-electron chi connectivity index (χ2n) is 3.59. The Morgan fingerprint density at radius 3 is 2.95 bits per heavy atom. The van der Waals surface area contributed by atoms with Crippen LogP contribution in [0.4, 0.5) is 0 Å². The van der Waals surface area contributed by atoms with Gasteiger partial charge >= 0.3 is 5.97 Å². The van der Waals surface area contributed by atoms with Crippen LogP contribution in [0.25, 0.3) is 0 Å². The Hall–Kier alpha value is -2.39. The molecule has 0 spiro atoms. The topological polar surface area (TPSA) is 71.4 Å². The third-order valence-electron chi connectivity index (χ3n) is 2.39. The molecule has 0 fully saturated rings. The van der Waals surface area contributed by atoms with E-state index in [4.69, 9.17) is 27.0 Å². The number of hydrogen-bond acceptors (Lipinski definition) is 5. The van der Waals surface area contributed by atoms with Crippen molar-refractivity contribution < 1.29 is 14.3 Å². The average Bonchev–Trinajstić information content (AvgIpc) is 2.40. The number of thiocarbonyl (C=S) groups is 1. The highest BCUT2D eigenvalue weighted by Gasteiger charge is 2.25. The van der Waals surface area contributed by atoms with E-state index in [1.807, 2.05) is 6.07 Å². The highest BCUT2D eigenvalue weighted by atomic mass is 32.1. The van der Waals surface area contributed by atoms with Gasteiger partial charge in [-0.15, -0.1) is 0 Å². The summed E-state index contributed by atoms with van der Waals surface area (Å²) in [7, 11) is 0. The monoisotopic (exact) mass is 274 g/mol. The van der Waals surface area contributed by atoms with E-state index in [9.17, 15) is 4.79 Å². The fourth-order valence-corrected chi connectivity index (χ4v) is 1.82. The van der Waals surface area contributed by atoms with E-state index in [2.05, 4.69) is 5.32 Å². The molecule has 5 nitrogen and oxygen atoms in total. The summed E-state index contributed by atoms with van der Waals surface area (Å²) < 4.78 is 10.3. The van der Waals surface area contributed by atoms with Crippen LogP contribution in [0.5, 0.6) is 5.75 Å². The van der Waals surface area contributed by atoms with Gasteiger partial charge in [0.2, 0.25) is 5.88 Å². The molecule has 0 amide bonds. The predicted molar refractivity (Wildman–Crippen MR) is 71.2 cm³/mol. The molecule has 1 aromatic carbocycles. The summed E-state index contributed by atoms with van der Waals surface area (Å²) in [5, 5.41) is 11.8. The Bertz CT molecular complexity index is 617. The molecule has 19 heavy (non-hydrogen) atoms. The first-order valence-electron chi connectivity index (χ1n) is 5.57. The Labute approximate surface area is 115 Å². The number of benzene rings is 1. The summed E-state index contributed by atoms with van der Waals surface area (Å²) in [5.41, 5.74) is 0.473. The van der Waals surface area contributed by atoms with Crippen LogP contribution in [-0.2, 0) is 9.53 Å². The number of hydrogen-bond donors (Lipinski definition) is 1. The van der Waals surface area contributed by atoms with Gasteiger partial charge in [-0.2, -0.15) is 5.26 Å². The molecular weight excluding hydrogens is 264 g/mol. The van der Waals surface area contributed by atoms with E-state index in [-0.39, 0.29) is 18.1 Å². The van der Waals surface area contributed by atoms with Crippen LogP contribution in [0.3, 0.4) is 0 Å². The van der Waals surface area contributed by atoms with Crippen molar-refractivity contribution in [2.75, 3.05) is 6.61 Å². The van der Waals surface area contributed by atoms with Crippen LogP contribution in [-0.4, -0.2) is 17.6 Å². The highest BCUT2D eigenvalue weighted by Crippen LogP contribution is 2.25. The minimum Gasteiger partial charge on any atom is -0.462 e. The molecule has 1 aromatic rings. The van der Waals surface area contributed by atoms with Crippen molar-refractivity contribution >= 4 is 23.2 Å². The SMILES string of the molecule is CCOC(=O)/C(C#N)=C1/NC(=S)c2ccccc2O1. The number of nitrogens with zero attached hydrogens (tertiary/aromatic N) is 1. The zero-order valence-corrected chi connectivity index (χ0v) is 10.9. The van der Waals surface area contributed by atoms with E-state index in [0.717, 1.165) is 0 Å². The molecule has 0 saturated heterocycles. The zero-order chi connectivity index (χ0) is 13.8. The van der Waals surface area contributed by atoms with Crippen LogP contribution in [0.2, 0.25) is 0 Å². The van der Waals surface area contributed by atoms with Gasteiger partial charge in [0, 0.05) is 0 Å². The quantitative estimate of drug-likeness (QED) is 0.382. The molecule has 0 aromatic heterocycles. The molecule has 0 atom stereocenters. The van der Waals surface area contributed by atoms with Crippen molar-refractivity contribution in [1.29, 1.82) is 5.26 Å². The Kier molecular flexibility index (Phi) is 3.78. The van der Waals surface area contributed by atoms with Gasteiger partial charge in [-0.3, -0.25) is 0 Å². The van der Waals surface area contributed by atoms with E-state index in [0.29, 0.717) is 16.3 Å². The summed E-state index contributed by atoms with van der Waals surface area (Å²) in [4.78, 5) is 12.0. The van der Waals surface area contributed by atoms with Crippen molar-refractivity contribution in [2.24, 2.45) is 0 Å². The van der Waals surface area contributed by atoms with Crippen LogP contribution in [0.1, 0.15) is 12.5 Å². The predicted octanol–water partition coefficient (Wildman–Crippen LogP) is 1.64. The Morgan fingerprint density at radius 2 is 2.26 bits per heavy atom. The van der Waals surface area contributed by atoms with E-state index in [1.165, 1.54) is 0 Å². The maximum absolute atomic E-state index is 11.6. The summed E-state index contributed by atoms with van der Waals surface area (Å²) in [6, 6.07) is 8.87. The van der Waals surface area contributed by atoms with Crippen molar-refractivity contribution in [3.8, 4) is 11.8 Å². The zero-order valence-electron chi connectivity index (χ0n) is 10.1. The third kappa shape index (κ3) is 2.56. The number of fused-ring (bicyclic) bond motifs is 1. The highest BCUT2D eigenvalue weighted by molar-refractivity contribution is 7.80. The molecule has 2 rings (SSSR count). The third-order valence-corrected chi connectivity index (χ3v) is 2.71. The van der Waals surface area contributed by atoms with Gasteiger partial charge in [0.1, 0.15) is 16.8 Å². The number of ether oxygens (including phenoxy) is 2. The molecule has 0 aliphatic carbocycles. The molecule has 6 heteroatoms. The number of nitriles is 1. The smallest absolute Gasteiger partial charge is 0.354 e. The number of esters is 1. The number of nitrogens with one attached hydrogen (secondary N) is 1. The number of carbonyl (C=O) groups excluding carboxylic acids is 1. The first-order chi connectivity index (χ1) is 9.17. The van der Waals surface area contributed by atoms with Crippen molar-refractivity contribution in [3.05, 3.63) is 41.3 Å². The Morgan fingerprint density at radius 1 is 1.53 bits per heavy atom. The number of carbonyl (C=O) groups is 1. The standard InChI is InChI=1S/C13H10N2O3S/c1-2-17-13(16)9(7-14)11-15-12(19)8-5-3-4-6-10(8)18-11/h3-6H,2H2,1H3,(H,15,19)/b11-9-. The van der Waals surface area contributed by atoms with Crippen LogP contribution < -0.4 is 10.1 Å². The molecule has 1 aliphatic rings. The lowest BCUT2D eigenvalue weighted by Crippen LogP contribution is -2.32. The van der Waals surface area contributed by atoms with Gasteiger partial charge in [-0.1, -0.05) is 24.4 Å². The molecule has 96 valence electrons. The van der Waals surface area contributed by atoms with Crippen LogP contribution in [0.15, 0.2) is 35.7 Å². The second kappa shape index (κ2) is 5.50. The molecule has 1 aliphatic heterocycles. The molecule has 1 N–H and O–H groups in total. The molecule has 1 heterocycles. The normalized spacial score (nSPS) is 15.5. The van der Waals surface area contributed by atoms with Gasteiger partial charge in [0.05, 0.1) is 12.2 Å².